The SMILES string of the molecule is CN(CCC1(CCN(C)C(c2ccccc2)(c2ccccc2)c2ccccc2)c2cc(Br)ccc2-c2ccc(Br)cc21)C(c1ccccc1)(c1ccccc1)c1ccccc1. The summed E-state index contributed by atoms with van der Waals surface area (Å²) in [5, 5.41) is 0. The van der Waals surface area contributed by atoms with Crippen LogP contribution in [0.1, 0.15) is 57.3 Å². The van der Waals surface area contributed by atoms with Crippen LogP contribution in [0.25, 0.3) is 11.1 Å². The molecule has 2 nitrogen and oxygen atoms in total. The number of halogens is 2. The Labute approximate surface area is 378 Å². The van der Waals surface area contributed by atoms with E-state index >= 15 is 0 Å². The molecule has 302 valence electrons. The highest BCUT2D eigenvalue weighted by Gasteiger charge is 2.48. The molecule has 1 aliphatic carbocycles. The molecule has 0 radical (unpaired) electrons. The second-order valence-electron chi connectivity index (χ2n) is 16.4. The van der Waals surface area contributed by atoms with Gasteiger partial charge in [0.05, 0.1) is 11.1 Å². The van der Waals surface area contributed by atoms with E-state index in [-0.39, 0.29) is 5.41 Å². The van der Waals surface area contributed by atoms with Crippen LogP contribution >= 0.6 is 31.9 Å². The van der Waals surface area contributed by atoms with Crippen molar-refractivity contribution in [1.82, 2.24) is 9.80 Å². The van der Waals surface area contributed by atoms with Gasteiger partial charge in [0, 0.05) is 27.4 Å². The first-order chi connectivity index (χ1) is 29.9. The minimum absolute atomic E-state index is 0.327. The van der Waals surface area contributed by atoms with Crippen molar-refractivity contribution in [3.05, 3.63) is 272 Å². The van der Waals surface area contributed by atoms with E-state index in [1.54, 1.807) is 0 Å². The molecule has 0 aliphatic heterocycles. The van der Waals surface area contributed by atoms with Crippen LogP contribution in [0.2, 0.25) is 0 Å². The van der Waals surface area contributed by atoms with Crippen LogP contribution in [-0.2, 0) is 16.5 Å². The maximum absolute atomic E-state index is 3.95. The molecule has 0 saturated heterocycles. The number of rotatable bonds is 14. The van der Waals surface area contributed by atoms with E-state index in [1.165, 1.54) is 55.6 Å². The summed E-state index contributed by atoms with van der Waals surface area (Å²) >= 11 is 7.91. The zero-order valence-electron chi connectivity index (χ0n) is 34.8. The van der Waals surface area contributed by atoms with Gasteiger partial charge in [-0.1, -0.05) is 226 Å². The highest BCUT2D eigenvalue weighted by Crippen LogP contribution is 2.55. The lowest BCUT2D eigenvalue weighted by Crippen LogP contribution is -2.49. The van der Waals surface area contributed by atoms with Gasteiger partial charge < -0.3 is 0 Å². The second kappa shape index (κ2) is 17.6. The zero-order chi connectivity index (χ0) is 41.9. The second-order valence-corrected chi connectivity index (χ2v) is 18.3. The number of benzene rings is 8. The minimum atomic E-state index is -0.538. The zero-order valence-corrected chi connectivity index (χ0v) is 37.9. The Morgan fingerprint density at radius 1 is 0.361 bits per heavy atom. The molecule has 0 bridgehead atoms. The van der Waals surface area contributed by atoms with Crippen molar-refractivity contribution in [1.29, 1.82) is 0 Å². The quantitative estimate of drug-likeness (QED) is 0.100. The lowest BCUT2D eigenvalue weighted by molar-refractivity contribution is 0.161. The molecule has 9 rings (SSSR count). The molecule has 0 heterocycles. The normalized spacial score (nSPS) is 13.3. The van der Waals surface area contributed by atoms with E-state index < -0.39 is 11.1 Å². The smallest absolute Gasteiger partial charge is 0.0970 e. The molecule has 61 heavy (non-hydrogen) atoms. The Hall–Kier alpha value is -5.36. The van der Waals surface area contributed by atoms with E-state index in [1.807, 2.05) is 0 Å². The predicted molar refractivity (Wildman–Crippen MR) is 261 cm³/mol. The van der Waals surface area contributed by atoms with Crippen molar-refractivity contribution in [2.24, 2.45) is 0 Å². The Morgan fingerprint density at radius 2 is 0.607 bits per heavy atom. The summed E-state index contributed by atoms with van der Waals surface area (Å²) in [4.78, 5) is 5.24. The van der Waals surface area contributed by atoms with Gasteiger partial charge in [0.25, 0.3) is 0 Å². The van der Waals surface area contributed by atoms with E-state index in [9.17, 15) is 0 Å². The van der Waals surface area contributed by atoms with Crippen LogP contribution in [0.15, 0.2) is 227 Å². The van der Waals surface area contributed by atoms with Gasteiger partial charge in [0.2, 0.25) is 0 Å². The Balaban J connectivity index is 1.21. The predicted octanol–water partition coefficient (Wildman–Crippen LogP) is 14.1. The standard InChI is InChI=1S/C57H50Br2N2/c1-60(56(43-21-9-3-10-22-43,44-23-11-4-12-24-44)45-25-13-5-14-26-45)39-37-55(53-41-49(58)33-35-51(53)52-36-34-50(59)42-54(52)55)38-40-61(2)57(46-27-15-6-16-28-46,47-29-17-7-18-30-47)48-31-19-8-20-32-48/h3-36,41-42H,37-40H2,1-2H3. The first-order valence-electron chi connectivity index (χ1n) is 21.2. The fraction of sp³-hybridized carbons (Fsp3) is 0.158. The van der Waals surface area contributed by atoms with Gasteiger partial charge in [-0.25, -0.2) is 0 Å². The minimum Gasteiger partial charge on any atom is -0.289 e. The van der Waals surface area contributed by atoms with Gasteiger partial charge in [0.1, 0.15) is 0 Å². The lowest BCUT2D eigenvalue weighted by atomic mass is 9.70. The summed E-state index contributed by atoms with van der Waals surface area (Å²) in [6.07, 6.45) is 1.79. The monoisotopic (exact) mass is 920 g/mol. The maximum atomic E-state index is 3.95. The van der Waals surface area contributed by atoms with E-state index in [0.717, 1.165) is 34.9 Å². The molecule has 0 spiro atoms. The lowest BCUT2D eigenvalue weighted by Gasteiger charge is -2.47. The van der Waals surface area contributed by atoms with Gasteiger partial charge in [-0.2, -0.15) is 0 Å². The Morgan fingerprint density at radius 3 is 0.852 bits per heavy atom. The van der Waals surface area contributed by atoms with Crippen LogP contribution < -0.4 is 0 Å². The average Bonchev–Trinajstić information content (AvgIpc) is 3.57. The first-order valence-corrected chi connectivity index (χ1v) is 22.8. The van der Waals surface area contributed by atoms with Crippen molar-refractivity contribution in [2.45, 2.75) is 29.3 Å². The van der Waals surface area contributed by atoms with Crippen LogP contribution in [0.4, 0.5) is 0 Å². The molecule has 8 aromatic rings. The summed E-state index contributed by atoms with van der Waals surface area (Å²) in [7, 11) is 4.66. The Bertz CT molecular complexity index is 2310. The van der Waals surface area contributed by atoms with Gasteiger partial charge in [-0.3, -0.25) is 9.80 Å². The van der Waals surface area contributed by atoms with Crippen LogP contribution in [0.5, 0.6) is 0 Å². The molecule has 0 N–H and O–H groups in total. The van der Waals surface area contributed by atoms with Crippen LogP contribution in [0, 0.1) is 0 Å². The molecule has 0 atom stereocenters. The number of hydrogen-bond acceptors (Lipinski definition) is 2. The Kier molecular flexibility index (Phi) is 11.8. The average molecular weight is 923 g/mol. The van der Waals surface area contributed by atoms with E-state index in [4.69, 9.17) is 0 Å². The molecule has 0 saturated carbocycles. The summed E-state index contributed by atoms with van der Waals surface area (Å²) in [6.45, 7) is 1.64. The number of nitrogens with zero attached hydrogens (tertiary/aromatic N) is 2. The van der Waals surface area contributed by atoms with E-state index in [0.29, 0.717) is 0 Å². The summed E-state index contributed by atoms with van der Waals surface area (Å²) in [5.74, 6) is 0. The van der Waals surface area contributed by atoms with E-state index in [2.05, 4.69) is 274 Å². The third-order valence-corrected chi connectivity index (χ3v) is 14.3. The summed E-state index contributed by atoms with van der Waals surface area (Å²) in [6, 6.07) is 80.3. The molecule has 0 fully saturated rings. The molecule has 8 aromatic carbocycles. The molecular formula is C57H50Br2N2. The van der Waals surface area contributed by atoms with Crippen molar-refractivity contribution < 1.29 is 0 Å². The number of hydrogen-bond donors (Lipinski definition) is 0. The molecule has 0 aromatic heterocycles. The highest BCUT2D eigenvalue weighted by molar-refractivity contribution is 9.10. The highest BCUT2D eigenvalue weighted by atomic mass is 79.9. The largest absolute Gasteiger partial charge is 0.289 e. The summed E-state index contributed by atoms with van der Waals surface area (Å²) in [5.41, 5.74) is 11.5. The first kappa shape index (κ1) is 41.0. The van der Waals surface area contributed by atoms with Crippen LogP contribution in [0.3, 0.4) is 0 Å². The van der Waals surface area contributed by atoms with Crippen molar-refractivity contribution in [3.8, 4) is 11.1 Å². The third kappa shape index (κ3) is 7.24. The fourth-order valence-corrected chi connectivity index (χ4v) is 11.3. The summed E-state index contributed by atoms with van der Waals surface area (Å²) < 4.78 is 2.20. The van der Waals surface area contributed by atoms with Crippen molar-refractivity contribution in [3.63, 3.8) is 0 Å². The maximum Gasteiger partial charge on any atom is 0.0970 e. The topological polar surface area (TPSA) is 6.48 Å². The fourth-order valence-electron chi connectivity index (χ4n) is 10.6. The van der Waals surface area contributed by atoms with Crippen molar-refractivity contribution in [2.75, 3.05) is 27.2 Å². The van der Waals surface area contributed by atoms with Crippen molar-refractivity contribution >= 4 is 31.9 Å². The molecule has 4 heteroatoms. The molecule has 0 amide bonds. The third-order valence-electron chi connectivity index (χ3n) is 13.3. The van der Waals surface area contributed by atoms with Gasteiger partial charge in [0.15, 0.2) is 0 Å². The molecule has 1 aliphatic rings. The van der Waals surface area contributed by atoms with Gasteiger partial charge >= 0.3 is 0 Å². The molecule has 0 unspecified atom stereocenters. The van der Waals surface area contributed by atoms with Crippen LogP contribution in [-0.4, -0.2) is 37.0 Å². The number of fused-ring (bicyclic) bond motifs is 3. The molecular weight excluding hydrogens is 872 g/mol. The van der Waals surface area contributed by atoms with Gasteiger partial charge in [-0.05, 0) is 107 Å². The van der Waals surface area contributed by atoms with Gasteiger partial charge in [-0.15, -0.1) is 0 Å².